The van der Waals surface area contributed by atoms with Crippen LogP contribution in [-0.2, 0) is 6.42 Å². The Labute approximate surface area is 188 Å². The molecule has 3 aromatic heterocycles. The zero-order valence-corrected chi connectivity index (χ0v) is 18.0. The zero-order valence-electron chi connectivity index (χ0n) is 18.0. The first kappa shape index (κ1) is 20.3. The van der Waals surface area contributed by atoms with Crippen LogP contribution in [0.5, 0.6) is 5.75 Å². The number of methoxy groups -OCH3 is 1. The second-order valence-corrected chi connectivity index (χ2v) is 7.45. The minimum atomic E-state index is -1.06. The van der Waals surface area contributed by atoms with Crippen molar-refractivity contribution in [1.29, 1.82) is 0 Å². The Hall–Kier alpha value is -4.60. The van der Waals surface area contributed by atoms with E-state index in [4.69, 9.17) is 10.5 Å². The number of carboxylic acids is 1. The third kappa shape index (κ3) is 3.57. The maximum absolute atomic E-state index is 11.9. The third-order valence-corrected chi connectivity index (χ3v) is 5.38. The summed E-state index contributed by atoms with van der Waals surface area (Å²) in [5.74, 6) is 1.03. The number of nitrogens with two attached hydrogens (primary N) is 1. The quantitative estimate of drug-likeness (QED) is 0.310. The van der Waals surface area contributed by atoms with E-state index in [2.05, 4.69) is 25.4 Å². The number of aromatic amines is 1. The van der Waals surface area contributed by atoms with E-state index in [1.54, 1.807) is 7.11 Å². The van der Waals surface area contributed by atoms with E-state index < -0.39 is 5.97 Å². The highest BCUT2D eigenvalue weighted by Crippen LogP contribution is 2.34. The molecule has 0 amide bonds. The number of nitrogens with zero attached hydrogens (tertiary/aromatic N) is 4. The number of anilines is 3. The SMILES string of the molecule is CCc1nc(N)c2c(-c3ccc(Nc4nc5cc(OC)ccc5[nH]4)cc3)c(C(=O)O)cn2n1. The fourth-order valence-electron chi connectivity index (χ4n) is 3.79. The molecule has 0 fully saturated rings. The number of fused-ring (bicyclic) bond motifs is 2. The topological polar surface area (TPSA) is 143 Å². The molecule has 3 heterocycles. The molecule has 0 spiro atoms. The van der Waals surface area contributed by atoms with Gasteiger partial charge in [-0.05, 0) is 29.8 Å². The molecule has 5 rings (SSSR count). The molecule has 0 aliphatic heterocycles. The summed E-state index contributed by atoms with van der Waals surface area (Å²) in [5, 5.41) is 17.4. The zero-order chi connectivity index (χ0) is 23.1. The molecule has 0 radical (unpaired) electrons. The van der Waals surface area contributed by atoms with Crippen molar-refractivity contribution in [3.05, 3.63) is 60.0 Å². The number of rotatable bonds is 6. The van der Waals surface area contributed by atoms with Crippen LogP contribution in [0.25, 0.3) is 27.7 Å². The number of nitrogen functional groups attached to an aromatic ring is 1. The fourth-order valence-corrected chi connectivity index (χ4v) is 3.79. The van der Waals surface area contributed by atoms with Gasteiger partial charge in [0.2, 0.25) is 5.95 Å². The van der Waals surface area contributed by atoms with Crippen molar-refractivity contribution in [3.8, 4) is 16.9 Å². The molecule has 5 N–H and O–H groups in total. The lowest BCUT2D eigenvalue weighted by Crippen LogP contribution is -2.04. The summed E-state index contributed by atoms with van der Waals surface area (Å²) >= 11 is 0. The highest BCUT2D eigenvalue weighted by molar-refractivity contribution is 6.04. The molecule has 0 saturated carbocycles. The Morgan fingerprint density at radius 2 is 2.00 bits per heavy atom. The minimum Gasteiger partial charge on any atom is -0.497 e. The van der Waals surface area contributed by atoms with Crippen molar-refractivity contribution >= 4 is 40.0 Å². The van der Waals surface area contributed by atoms with Crippen molar-refractivity contribution in [2.45, 2.75) is 13.3 Å². The van der Waals surface area contributed by atoms with Crippen molar-refractivity contribution in [3.63, 3.8) is 0 Å². The van der Waals surface area contributed by atoms with Gasteiger partial charge in [0.15, 0.2) is 11.6 Å². The van der Waals surface area contributed by atoms with Crippen LogP contribution in [0.3, 0.4) is 0 Å². The number of aryl methyl sites for hydroxylation is 1. The van der Waals surface area contributed by atoms with Crippen LogP contribution in [-0.4, -0.2) is 42.8 Å². The summed E-state index contributed by atoms with van der Waals surface area (Å²) in [6.07, 6.45) is 2.06. The first-order valence-electron chi connectivity index (χ1n) is 10.3. The predicted octanol–water partition coefficient (Wildman–Crippen LogP) is 3.87. The second kappa shape index (κ2) is 7.83. The van der Waals surface area contributed by atoms with Crippen LogP contribution in [0.2, 0.25) is 0 Å². The first-order chi connectivity index (χ1) is 16.0. The van der Waals surface area contributed by atoms with E-state index >= 15 is 0 Å². The standard InChI is InChI=1S/C23H21N7O3/c1-3-18-28-21(24)20-19(15(22(31)32)11-30(20)29-18)12-4-6-13(7-5-12)25-23-26-16-9-8-14(33-2)10-17(16)27-23/h4-11H,3H2,1-2H3,(H,31,32)(H2,24,28,29)(H2,25,26,27). The van der Waals surface area contributed by atoms with Crippen molar-refractivity contribution in [2.24, 2.45) is 0 Å². The lowest BCUT2D eigenvalue weighted by Gasteiger charge is -2.08. The number of aromatic carboxylic acids is 1. The van der Waals surface area contributed by atoms with E-state index in [1.807, 2.05) is 49.4 Å². The number of carbonyl (C=O) groups is 1. The number of aromatic nitrogens is 5. The Balaban J connectivity index is 1.51. The van der Waals surface area contributed by atoms with Gasteiger partial charge < -0.3 is 25.9 Å². The molecule has 33 heavy (non-hydrogen) atoms. The molecule has 166 valence electrons. The predicted molar refractivity (Wildman–Crippen MR) is 125 cm³/mol. The summed E-state index contributed by atoms with van der Waals surface area (Å²) in [5.41, 5.74) is 10.4. The number of ether oxygens (including phenoxy) is 1. The van der Waals surface area contributed by atoms with Gasteiger partial charge in [-0.2, -0.15) is 5.10 Å². The number of nitrogens with one attached hydrogen (secondary N) is 2. The molecule has 10 nitrogen and oxygen atoms in total. The molecule has 0 saturated heterocycles. The minimum absolute atomic E-state index is 0.108. The molecule has 10 heteroatoms. The van der Waals surface area contributed by atoms with E-state index in [-0.39, 0.29) is 11.4 Å². The smallest absolute Gasteiger partial charge is 0.337 e. The summed E-state index contributed by atoms with van der Waals surface area (Å²) in [6.45, 7) is 1.91. The normalized spacial score (nSPS) is 11.2. The largest absolute Gasteiger partial charge is 0.497 e. The summed E-state index contributed by atoms with van der Waals surface area (Å²) in [4.78, 5) is 24.0. The highest BCUT2D eigenvalue weighted by Gasteiger charge is 2.21. The summed E-state index contributed by atoms with van der Waals surface area (Å²) in [7, 11) is 1.61. The summed E-state index contributed by atoms with van der Waals surface area (Å²) in [6, 6.07) is 12.9. The number of carboxylic acid groups (broad SMARTS) is 1. The van der Waals surface area contributed by atoms with Crippen LogP contribution in [0, 0.1) is 0 Å². The van der Waals surface area contributed by atoms with Crippen LogP contribution >= 0.6 is 0 Å². The molecular weight excluding hydrogens is 422 g/mol. The average Bonchev–Trinajstić information content (AvgIpc) is 3.40. The molecule has 0 atom stereocenters. The fraction of sp³-hybridized carbons (Fsp3) is 0.130. The monoisotopic (exact) mass is 443 g/mol. The Kier molecular flexibility index (Phi) is 4.82. The Morgan fingerprint density at radius 1 is 1.21 bits per heavy atom. The number of benzene rings is 2. The van der Waals surface area contributed by atoms with Gasteiger partial charge in [-0.3, -0.25) is 0 Å². The van der Waals surface area contributed by atoms with Crippen LogP contribution in [0.1, 0.15) is 23.1 Å². The molecule has 0 unspecified atom stereocenters. The molecule has 0 aliphatic carbocycles. The van der Waals surface area contributed by atoms with Gasteiger partial charge in [-0.25, -0.2) is 19.3 Å². The van der Waals surface area contributed by atoms with Gasteiger partial charge >= 0.3 is 5.97 Å². The number of hydrogen-bond donors (Lipinski definition) is 4. The van der Waals surface area contributed by atoms with Gasteiger partial charge in [-0.1, -0.05) is 19.1 Å². The molecule has 0 aliphatic rings. The molecule has 5 aromatic rings. The summed E-state index contributed by atoms with van der Waals surface area (Å²) < 4.78 is 6.74. The van der Waals surface area contributed by atoms with Crippen molar-refractivity contribution in [1.82, 2.24) is 24.6 Å². The maximum atomic E-state index is 11.9. The third-order valence-electron chi connectivity index (χ3n) is 5.38. The van der Waals surface area contributed by atoms with E-state index in [9.17, 15) is 9.90 Å². The van der Waals surface area contributed by atoms with Crippen LogP contribution in [0.15, 0.2) is 48.7 Å². The second-order valence-electron chi connectivity index (χ2n) is 7.45. The van der Waals surface area contributed by atoms with Crippen molar-refractivity contribution in [2.75, 3.05) is 18.2 Å². The molecule has 0 bridgehead atoms. The number of hydrogen-bond acceptors (Lipinski definition) is 7. The van der Waals surface area contributed by atoms with Gasteiger partial charge in [0.05, 0.1) is 23.7 Å². The van der Waals surface area contributed by atoms with Gasteiger partial charge in [0.1, 0.15) is 11.3 Å². The van der Waals surface area contributed by atoms with Crippen molar-refractivity contribution < 1.29 is 14.6 Å². The van der Waals surface area contributed by atoms with Gasteiger partial charge in [0.25, 0.3) is 0 Å². The Bertz CT molecular complexity index is 1500. The van der Waals surface area contributed by atoms with Gasteiger partial charge in [0, 0.05) is 29.9 Å². The highest BCUT2D eigenvalue weighted by atomic mass is 16.5. The molecule has 2 aromatic carbocycles. The molecular formula is C23H21N7O3. The average molecular weight is 443 g/mol. The lowest BCUT2D eigenvalue weighted by atomic mass is 10.0. The van der Waals surface area contributed by atoms with E-state index in [0.29, 0.717) is 34.8 Å². The maximum Gasteiger partial charge on any atom is 0.337 e. The first-order valence-corrected chi connectivity index (χ1v) is 10.3. The number of H-pyrrole nitrogens is 1. The lowest BCUT2D eigenvalue weighted by molar-refractivity contribution is 0.0697. The Morgan fingerprint density at radius 3 is 2.70 bits per heavy atom. The van der Waals surface area contributed by atoms with Crippen LogP contribution < -0.4 is 15.8 Å². The van der Waals surface area contributed by atoms with E-state index in [0.717, 1.165) is 22.5 Å². The van der Waals surface area contributed by atoms with E-state index in [1.165, 1.54) is 10.7 Å². The van der Waals surface area contributed by atoms with Crippen LogP contribution in [0.4, 0.5) is 17.5 Å². The van der Waals surface area contributed by atoms with Gasteiger partial charge in [-0.15, -0.1) is 0 Å². The number of imidazole rings is 1.